The van der Waals surface area contributed by atoms with Crippen LogP contribution in [0.15, 0.2) is 36.5 Å². The first kappa shape index (κ1) is 25.7. The third kappa shape index (κ3) is 4.37. The fourth-order valence-corrected chi connectivity index (χ4v) is 5.28. The topological polar surface area (TPSA) is 110 Å². The molecule has 3 heterocycles. The van der Waals surface area contributed by atoms with Crippen LogP contribution < -0.4 is 5.73 Å². The fraction of sp³-hybridized carbons (Fsp3) is 0.208. The molecule has 2 amide bonds. The largest absolute Gasteiger partial charge is 0.416 e. The second-order valence-electron chi connectivity index (χ2n) is 8.57. The third-order valence-electron chi connectivity index (χ3n) is 6.12. The molecular formula is C24H19ClF3N7O2S. The summed E-state index contributed by atoms with van der Waals surface area (Å²) in [5.41, 5.74) is 6.57. The highest BCUT2D eigenvalue weighted by Gasteiger charge is 2.31. The Bertz CT molecular complexity index is 1770. The maximum Gasteiger partial charge on any atom is 0.416 e. The van der Waals surface area contributed by atoms with Gasteiger partial charge < -0.3 is 5.73 Å². The monoisotopic (exact) mass is 561 g/mol. The highest BCUT2D eigenvalue weighted by molar-refractivity contribution is 7.18. The highest BCUT2D eigenvalue weighted by Crippen LogP contribution is 2.34. The van der Waals surface area contributed by atoms with Gasteiger partial charge in [-0.3, -0.25) is 19.3 Å². The average Bonchev–Trinajstić information content (AvgIpc) is 3.44. The van der Waals surface area contributed by atoms with Crippen molar-refractivity contribution in [2.24, 2.45) is 7.05 Å². The molecule has 0 spiro atoms. The van der Waals surface area contributed by atoms with E-state index in [1.165, 1.54) is 26.1 Å². The lowest BCUT2D eigenvalue weighted by Gasteiger charge is -2.30. The number of carbonyl (C=O) groups excluding carboxylic acids is 2. The molecule has 2 aromatic carbocycles. The summed E-state index contributed by atoms with van der Waals surface area (Å²) in [4.78, 5) is 34.7. The Kier molecular flexibility index (Phi) is 6.15. The van der Waals surface area contributed by atoms with E-state index in [0.717, 1.165) is 33.5 Å². The second-order valence-corrected chi connectivity index (χ2v) is 10.1. The van der Waals surface area contributed by atoms with Gasteiger partial charge in [0, 0.05) is 26.4 Å². The lowest BCUT2D eigenvalue weighted by atomic mass is 10.1. The van der Waals surface area contributed by atoms with Gasteiger partial charge in [0.15, 0.2) is 0 Å². The van der Waals surface area contributed by atoms with Crippen molar-refractivity contribution in [3.05, 3.63) is 57.7 Å². The van der Waals surface area contributed by atoms with E-state index in [-0.39, 0.29) is 28.5 Å². The molecule has 2 N–H and O–H groups in total. The summed E-state index contributed by atoms with van der Waals surface area (Å²) >= 11 is 7.62. The molecule has 5 rings (SSSR count). The molecule has 14 heteroatoms. The van der Waals surface area contributed by atoms with Crippen LogP contribution in [-0.2, 0) is 24.6 Å². The van der Waals surface area contributed by atoms with Crippen molar-refractivity contribution >= 4 is 72.6 Å². The number of hydrogen-bond acceptors (Lipinski definition) is 7. The standard InChI is InChI=1S/C24H19ClF3N7O2S/c1-11(36)34(3)35(10-20-31-18-6-12(24(26,27)28)4-5-19(18)38-20)23(37)13-7-14-17(8-16(13)25)32-22(29)15-9-30-33(2)21(14)15/h4-9H,10H2,1-3H3,(H2,29,32). The molecule has 0 saturated carbocycles. The van der Waals surface area contributed by atoms with Crippen LogP contribution in [0.5, 0.6) is 0 Å². The van der Waals surface area contributed by atoms with E-state index in [1.54, 1.807) is 24.0 Å². The third-order valence-corrected chi connectivity index (χ3v) is 7.46. The van der Waals surface area contributed by atoms with Gasteiger partial charge >= 0.3 is 6.18 Å². The molecular weight excluding hydrogens is 543 g/mol. The van der Waals surface area contributed by atoms with Crippen LogP contribution >= 0.6 is 22.9 Å². The first-order valence-electron chi connectivity index (χ1n) is 11.1. The number of pyridine rings is 1. The van der Waals surface area contributed by atoms with Crippen LogP contribution in [0.25, 0.3) is 32.0 Å². The molecule has 38 heavy (non-hydrogen) atoms. The quantitative estimate of drug-likeness (QED) is 0.310. The molecule has 196 valence electrons. The number of carbonyl (C=O) groups is 2. The fourth-order valence-electron chi connectivity index (χ4n) is 4.11. The molecule has 9 nitrogen and oxygen atoms in total. The smallest absolute Gasteiger partial charge is 0.383 e. The summed E-state index contributed by atoms with van der Waals surface area (Å²) in [6.45, 7) is 1.10. The Morgan fingerprint density at radius 1 is 1.13 bits per heavy atom. The Labute approximate surface area is 222 Å². The number of nitrogens with zero attached hydrogens (tertiary/aromatic N) is 6. The number of anilines is 1. The number of nitrogen functional groups attached to an aromatic ring is 1. The number of benzene rings is 2. The summed E-state index contributed by atoms with van der Waals surface area (Å²) < 4.78 is 41.5. The van der Waals surface area contributed by atoms with Crippen LogP contribution in [0.4, 0.5) is 19.0 Å². The molecule has 3 aromatic heterocycles. The maximum absolute atomic E-state index is 13.8. The normalized spacial score (nSPS) is 12.0. The van der Waals surface area contributed by atoms with Gasteiger partial charge in [0.2, 0.25) is 5.91 Å². The highest BCUT2D eigenvalue weighted by atomic mass is 35.5. The minimum atomic E-state index is -4.51. The molecule has 0 saturated heterocycles. The lowest BCUT2D eigenvalue weighted by molar-refractivity contribution is -0.140. The first-order chi connectivity index (χ1) is 17.8. The number of hydrogen-bond donors (Lipinski definition) is 1. The second kappa shape index (κ2) is 9.10. The van der Waals surface area contributed by atoms with Crippen LogP contribution in [0.1, 0.15) is 27.9 Å². The number of aryl methyl sites for hydroxylation is 1. The molecule has 0 aliphatic rings. The zero-order valence-electron chi connectivity index (χ0n) is 20.2. The molecule has 0 radical (unpaired) electrons. The van der Waals surface area contributed by atoms with E-state index < -0.39 is 23.6 Å². The van der Waals surface area contributed by atoms with E-state index >= 15 is 0 Å². The molecule has 0 atom stereocenters. The number of amides is 2. The number of aromatic nitrogens is 4. The van der Waals surface area contributed by atoms with Crippen molar-refractivity contribution in [3.63, 3.8) is 0 Å². The summed E-state index contributed by atoms with van der Waals surface area (Å²) in [6.07, 6.45) is -2.94. The van der Waals surface area contributed by atoms with Gasteiger partial charge in [-0.25, -0.2) is 15.0 Å². The summed E-state index contributed by atoms with van der Waals surface area (Å²) in [5.74, 6) is -0.797. The minimum Gasteiger partial charge on any atom is -0.383 e. The van der Waals surface area contributed by atoms with Gasteiger partial charge in [-0.15, -0.1) is 11.3 Å². The zero-order chi connectivity index (χ0) is 27.5. The Hall–Kier alpha value is -3.97. The molecule has 5 aromatic rings. The van der Waals surface area contributed by atoms with E-state index in [4.69, 9.17) is 17.3 Å². The Morgan fingerprint density at radius 3 is 2.55 bits per heavy atom. The number of hydrazine groups is 1. The number of alkyl halides is 3. The Morgan fingerprint density at radius 2 is 1.87 bits per heavy atom. The Balaban J connectivity index is 1.58. The molecule has 0 aliphatic heterocycles. The van der Waals surface area contributed by atoms with Crippen LogP contribution in [-0.4, -0.2) is 48.6 Å². The zero-order valence-corrected chi connectivity index (χ0v) is 21.7. The van der Waals surface area contributed by atoms with Crippen molar-refractivity contribution in [2.75, 3.05) is 12.8 Å². The van der Waals surface area contributed by atoms with Crippen molar-refractivity contribution in [3.8, 4) is 0 Å². The van der Waals surface area contributed by atoms with Gasteiger partial charge in [-0.2, -0.15) is 18.3 Å². The molecule has 0 bridgehead atoms. The maximum atomic E-state index is 13.8. The molecule has 0 aliphatic carbocycles. The predicted molar refractivity (Wildman–Crippen MR) is 138 cm³/mol. The number of rotatable bonds is 3. The van der Waals surface area contributed by atoms with Gasteiger partial charge in [0.05, 0.1) is 55.5 Å². The molecule has 0 unspecified atom stereocenters. The minimum absolute atomic E-state index is 0.0805. The molecule has 0 fully saturated rings. The van der Waals surface area contributed by atoms with Gasteiger partial charge in [-0.1, -0.05) is 11.6 Å². The van der Waals surface area contributed by atoms with E-state index in [9.17, 15) is 22.8 Å². The van der Waals surface area contributed by atoms with Gasteiger partial charge in [0.25, 0.3) is 5.91 Å². The van der Waals surface area contributed by atoms with Crippen LogP contribution in [0.3, 0.4) is 0 Å². The van der Waals surface area contributed by atoms with Crippen molar-refractivity contribution < 1.29 is 22.8 Å². The van der Waals surface area contributed by atoms with Crippen molar-refractivity contribution in [1.29, 1.82) is 0 Å². The van der Waals surface area contributed by atoms with E-state index in [2.05, 4.69) is 15.1 Å². The average molecular weight is 562 g/mol. The van der Waals surface area contributed by atoms with Crippen LogP contribution in [0.2, 0.25) is 5.02 Å². The summed E-state index contributed by atoms with van der Waals surface area (Å²) in [7, 11) is 3.14. The first-order valence-corrected chi connectivity index (χ1v) is 12.3. The van der Waals surface area contributed by atoms with Gasteiger partial charge in [0.1, 0.15) is 10.8 Å². The number of thiazole rings is 1. The van der Waals surface area contributed by atoms with Crippen molar-refractivity contribution in [1.82, 2.24) is 29.8 Å². The van der Waals surface area contributed by atoms with Gasteiger partial charge in [-0.05, 0) is 30.3 Å². The van der Waals surface area contributed by atoms with E-state index in [1.807, 2.05) is 0 Å². The lowest BCUT2D eigenvalue weighted by Crippen LogP contribution is -2.46. The summed E-state index contributed by atoms with van der Waals surface area (Å²) in [6, 6.07) is 6.33. The van der Waals surface area contributed by atoms with Crippen molar-refractivity contribution in [2.45, 2.75) is 19.6 Å². The number of nitrogens with two attached hydrogens (primary N) is 1. The number of fused-ring (bicyclic) bond motifs is 4. The van der Waals surface area contributed by atoms with E-state index in [0.29, 0.717) is 31.5 Å². The SMILES string of the molecule is CC(=O)N(C)N(Cc1nc2cc(C(F)(F)F)ccc2s1)C(=O)c1cc2c(cc1Cl)nc(N)c1cnn(C)c12. The predicted octanol–water partition coefficient (Wildman–Crippen LogP) is 5.02. The van der Waals surface area contributed by atoms with Crippen LogP contribution in [0, 0.1) is 0 Å². The number of halogens is 4. The summed E-state index contributed by atoms with van der Waals surface area (Å²) in [5, 5.41) is 8.07.